The Morgan fingerprint density at radius 1 is 0.275 bits per heavy atom. The average Bonchev–Trinajstić information content (AvgIpc) is 3.78. The molecule has 0 aliphatic carbocycles. The predicted molar refractivity (Wildman–Crippen MR) is 212 cm³/mol. The number of rotatable bonds is 6. The molecule has 10 rings (SSSR count). The summed E-state index contributed by atoms with van der Waals surface area (Å²) >= 11 is 0. The maximum Gasteiger partial charge on any atom is 0.143 e. The molecule has 0 spiro atoms. The quantitative estimate of drug-likeness (QED) is 0.179. The van der Waals surface area contributed by atoms with Crippen LogP contribution in [0.4, 0.5) is 17.1 Å². The molecule has 240 valence electrons. The molecule has 0 N–H and O–H groups in total. The lowest BCUT2D eigenvalue weighted by Crippen LogP contribution is -2.09. The lowest BCUT2D eigenvalue weighted by Gasteiger charge is -2.26. The van der Waals surface area contributed by atoms with Gasteiger partial charge in [-0.1, -0.05) is 140 Å². The minimum atomic E-state index is 0.905. The fourth-order valence-electron chi connectivity index (χ4n) is 7.51. The second-order valence-electron chi connectivity index (χ2n) is 12.9. The summed E-state index contributed by atoms with van der Waals surface area (Å²) in [4.78, 5) is 2.30. The first-order valence-electron chi connectivity index (χ1n) is 17.3. The molecule has 10 aromatic rings. The largest absolute Gasteiger partial charge is 0.455 e. The molecule has 51 heavy (non-hydrogen) atoms. The Morgan fingerprint density at radius 2 is 0.686 bits per heavy atom. The van der Waals surface area contributed by atoms with Crippen LogP contribution in [-0.2, 0) is 0 Å². The van der Waals surface area contributed by atoms with Gasteiger partial charge in [0, 0.05) is 49.7 Å². The monoisotopic (exact) mass is 653 g/mol. The minimum absolute atomic E-state index is 0.905. The Bertz CT molecular complexity index is 2840. The zero-order chi connectivity index (χ0) is 33.7. The standard InChI is InChI=1S/C48H31NO2/c1-2-12-34(13-3-1)49(36-30-26-33(27-31-36)38-18-10-20-43-40-16-6-8-22-45(40)50-47(38)43)35-28-24-32(25-29-35)37-14-4-5-15-39(37)42-19-11-21-44-41-17-7-9-23-46(41)51-48(42)44/h1-31H. The second-order valence-corrected chi connectivity index (χ2v) is 12.9. The van der Waals surface area contributed by atoms with Gasteiger partial charge in [-0.15, -0.1) is 0 Å². The van der Waals surface area contributed by atoms with Gasteiger partial charge in [-0.3, -0.25) is 0 Å². The summed E-state index contributed by atoms with van der Waals surface area (Å²) < 4.78 is 12.8. The molecule has 0 atom stereocenters. The molecule has 8 aromatic carbocycles. The van der Waals surface area contributed by atoms with E-state index in [1.807, 2.05) is 24.3 Å². The number of para-hydroxylation sites is 5. The van der Waals surface area contributed by atoms with Crippen molar-refractivity contribution in [2.45, 2.75) is 0 Å². The maximum absolute atomic E-state index is 6.44. The zero-order valence-corrected chi connectivity index (χ0v) is 27.7. The van der Waals surface area contributed by atoms with E-state index in [0.29, 0.717) is 0 Å². The lowest BCUT2D eigenvalue weighted by molar-refractivity contribution is 0.669. The van der Waals surface area contributed by atoms with Crippen LogP contribution in [0.1, 0.15) is 0 Å². The van der Waals surface area contributed by atoms with E-state index in [1.165, 1.54) is 0 Å². The first kappa shape index (κ1) is 29.1. The van der Waals surface area contributed by atoms with Crippen molar-refractivity contribution in [3.8, 4) is 33.4 Å². The molecule has 0 aliphatic rings. The van der Waals surface area contributed by atoms with E-state index in [0.717, 1.165) is 94.3 Å². The number of hydrogen-bond donors (Lipinski definition) is 0. The smallest absolute Gasteiger partial charge is 0.143 e. The molecule has 2 heterocycles. The van der Waals surface area contributed by atoms with Gasteiger partial charge < -0.3 is 13.7 Å². The van der Waals surface area contributed by atoms with Gasteiger partial charge in [0.1, 0.15) is 22.3 Å². The predicted octanol–water partition coefficient (Wildman–Crippen LogP) is 14.0. The number of hydrogen-bond acceptors (Lipinski definition) is 3. The van der Waals surface area contributed by atoms with Gasteiger partial charge in [-0.2, -0.15) is 0 Å². The normalized spacial score (nSPS) is 11.5. The summed E-state index contributed by atoms with van der Waals surface area (Å²) in [5.74, 6) is 0. The fourth-order valence-corrected chi connectivity index (χ4v) is 7.51. The van der Waals surface area contributed by atoms with Crippen molar-refractivity contribution in [3.63, 3.8) is 0 Å². The summed E-state index contributed by atoms with van der Waals surface area (Å²) in [6.45, 7) is 0. The van der Waals surface area contributed by atoms with Crippen LogP contribution in [0.5, 0.6) is 0 Å². The van der Waals surface area contributed by atoms with Gasteiger partial charge in [-0.25, -0.2) is 0 Å². The number of furan rings is 2. The summed E-state index contributed by atoms with van der Waals surface area (Å²) in [6, 6.07) is 66.1. The topological polar surface area (TPSA) is 29.5 Å². The third-order valence-electron chi connectivity index (χ3n) is 9.91. The van der Waals surface area contributed by atoms with Crippen LogP contribution < -0.4 is 4.90 Å². The Labute approximate surface area is 295 Å². The van der Waals surface area contributed by atoms with Gasteiger partial charge >= 0.3 is 0 Å². The van der Waals surface area contributed by atoms with E-state index in [1.54, 1.807) is 0 Å². The van der Waals surface area contributed by atoms with Gasteiger partial charge in [0.05, 0.1) is 0 Å². The molecule has 0 saturated carbocycles. The van der Waals surface area contributed by atoms with E-state index >= 15 is 0 Å². The van der Waals surface area contributed by atoms with Crippen molar-refractivity contribution in [2.75, 3.05) is 4.90 Å². The molecule has 0 unspecified atom stereocenters. The summed E-state index contributed by atoms with van der Waals surface area (Å²) in [7, 11) is 0. The molecule has 2 aromatic heterocycles. The first-order valence-corrected chi connectivity index (χ1v) is 17.3. The van der Waals surface area contributed by atoms with Crippen LogP contribution in [0.2, 0.25) is 0 Å². The van der Waals surface area contributed by atoms with E-state index < -0.39 is 0 Å². The summed E-state index contributed by atoms with van der Waals surface area (Å²) in [5.41, 5.74) is 13.6. The highest BCUT2D eigenvalue weighted by molar-refractivity contribution is 6.11. The van der Waals surface area contributed by atoms with Gasteiger partial charge in [0.2, 0.25) is 0 Å². The molecule has 0 saturated heterocycles. The van der Waals surface area contributed by atoms with E-state index in [9.17, 15) is 0 Å². The number of anilines is 3. The highest BCUT2D eigenvalue weighted by Crippen LogP contribution is 2.42. The van der Waals surface area contributed by atoms with E-state index in [-0.39, 0.29) is 0 Å². The van der Waals surface area contributed by atoms with Crippen molar-refractivity contribution in [2.24, 2.45) is 0 Å². The van der Waals surface area contributed by atoms with Crippen LogP contribution in [0.25, 0.3) is 77.3 Å². The van der Waals surface area contributed by atoms with Crippen molar-refractivity contribution < 1.29 is 8.83 Å². The zero-order valence-electron chi connectivity index (χ0n) is 27.7. The molecular formula is C48H31NO2. The minimum Gasteiger partial charge on any atom is -0.455 e. The van der Waals surface area contributed by atoms with E-state index in [2.05, 4.69) is 169 Å². The van der Waals surface area contributed by atoms with E-state index in [4.69, 9.17) is 8.83 Å². The average molecular weight is 654 g/mol. The highest BCUT2D eigenvalue weighted by Gasteiger charge is 2.18. The van der Waals surface area contributed by atoms with Crippen LogP contribution in [0, 0.1) is 0 Å². The second kappa shape index (κ2) is 11.9. The van der Waals surface area contributed by atoms with Crippen LogP contribution in [-0.4, -0.2) is 0 Å². The molecule has 0 bridgehead atoms. The third-order valence-corrected chi connectivity index (χ3v) is 9.91. The Hall–Kier alpha value is -6.84. The first-order chi connectivity index (χ1) is 25.3. The Kier molecular flexibility index (Phi) is 6.81. The molecule has 0 amide bonds. The Morgan fingerprint density at radius 3 is 1.29 bits per heavy atom. The number of fused-ring (bicyclic) bond motifs is 6. The SMILES string of the molecule is c1ccc(N(c2ccc(-c3ccccc3-c3cccc4c3oc3ccccc34)cc2)c2ccc(-c3cccc4c3oc3ccccc34)cc2)cc1. The molecule has 3 heteroatoms. The van der Waals surface area contributed by atoms with Crippen molar-refractivity contribution in [1.82, 2.24) is 0 Å². The summed E-state index contributed by atoms with van der Waals surface area (Å²) in [5, 5.41) is 4.54. The van der Waals surface area contributed by atoms with Crippen molar-refractivity contribution in [3.05, 3.63) is 188 Å². The lowest BCUT2D eigenvalue weighted by atomic mass is 9.93. The van der Waals surface area contributed by atoms with Crippen LogP contribution >= 0.6 is 0 Å². The van der Waals surface area contributed by atoms with Gasteiger partial charge in [0.25, 0.3) is 0 Å². The fraction of sp³-hybridized carbons (Fsp3) is 0. The van der Waals surface area contributed by atoms with Gasteiger partial charge in [0.15, 0.2) is 0 Å². The van der Waals surface area contributed by atoms with Crippen molar-refractivity contribution in [1.29, 1.82) is 0 Å². The number of nitrogens with zero attached hydrogens (tertiary/aromatic N) is 1. The van der Waals surface area contributed by atoms with Crippen LogP contribution in [0.15, 0.2) is 197 Å². The van der Waals surface area contributed by atoms with Crippen LogP contribution in [0.3, 0.4) is 0 Å². The highest BCUT2D eigenvalue weighted by atomic mass is 16.3. The molecule has 0 aliphatic heterocycles. The molecule has 3 nitrogen and oxygen atoms in total. The number of benzene rings is 8. The summed E-state index contributed by atoms with van der Waals surface area (Å²) in [6.07, 6.45) is 0. The third kappa shape index (κ3) is 4.90. The Balaban J connectivity index is 1.03. The maximum atomic E-state index is 6.44. The molecule has 0 radical (unpaired) electrons. The van der Waals surface area contributed by atoms with Gasteiger partial charge in [-0.05, 0) is 70.8 Å². The van der Waals surface area contributed by atoms with Crippen molar-refractivity contribution >= 4 is 60.9 Å². The molecule has 0 fully saturated rings. The molecular weight excluding hydrogens is 623 g/mol.